The fourth-order valence-electron chi connectivity index (χ4n) is 1.85. The van der Waals surface area contributed by atoms with Gasteiger partial charge in [0, 0.05) is 18.8 Å². The van der Waals surface area contributed by atoms with Crippen molar-refractivity contribution in [2.24, 2.45) is 5.92 Å². The number of carbonyl (C=O) groups excluding carboxylic acids is 1. The van der Waals surface area contributed by atoms with Crippen LogP contribution in [0.25, 0.3) is 0 Å². The molecule has 1 aliphatic rings. The van der Waals surface area contributed by atoms with E-state index in [1.165, 1.54) is 5.56 Å². The number of nitrogens with one attached hydrogen (secondary N) is 2. The number of carbonyl (C=O) groups is 1. The second kappa shape index (κ2) is 5.32. The van der Waals surface area contributed by atoms with E-state index in [-0.39, 0.29) is 11.8 Å². The lowest BCUT2D eigenvalue weighted by molar-refractivity contribution is -0.121. The van der Waals surface area contributed by atoms with Crippen LogP contribution in [0, 0.1) is 5.92 Å². The highest BCUT2D eigenvalue weighted by Gasteiger charge is 2.24. The summed E-state index contributed by atoms with van der Waals surface area (Å²) in [6, 6.07) is 8.18. The predicted octanol–water partition coefficient (Wildman–Crippen LogP) is 2.36. The third kappa shape index (κ3) is 2.86. The van der Waals surface area contributed by atoms with E-state index in [1.54, 1.807) is 0 Å². The van der Waals surface area contributed by atoms with Crippen molar-refractivity contribution in [3.05, 3.63) is 29.8 Å². The minimum Gasteiger partial charge on any atom is -0.326 e. The molecule has 1 heterocycles. The summed E-state index contributed by atoms with van der Waals surface area (Å²) in [6.07, 6.45) is 1.14. The van der Waals surface area contributed by atoms with Gasteiger partial charge in [0.15, 0.2) is 0 Å². The van der Waals surface area contributed by atoms with Crippen LogP contribution in [-0.4, -0.2) is 19.0 Å². The van der Waals surface area contributed by atoms with Crippen molar-refractivity contribution in [2.75, 3.05) is 18.4 Å². The van der Waals surface area contributed by atoms with Crippen molar-refractivity contribution in [3.8, 4) is 0 Å². The highest BCUT2D eigenvalue weighted by molar-refractivity contribution is 5.93. The van der Waals surface area contributed by atoms with Gasteiger partial charge in [-0.1, -0.05) is 26.0 Å². The first-order valence-corrected chi connectivity index (χ1v) is 6.32. The second-order valence-corrected chi connectivity index (χ2v) is 4.78. The minimum atomic E-state index is 0.125. The molecule has 0 aliphatic carbocycles. The lowest BCUT2D eigenvalue weighted by Gasteiger charge is -2.25. The topological polar surface area (TPSA) is 41.1 Å². The number of rotatable bonds is 4. The fourth-order valence-corrected chi connectivity index (χ4v) is 1.85. The van der Waals surface area contributed by atoms with Gasteiger partial charge in [0.25, 0.3) is 0 Å². The van der Waals surface area contributed by atoms with Crippen LogP contribution in [0.5, 0.6) is 0 Å². The molecule has 2 rings (SSSR count). The van der Waals surface area contributed by atoms with Gasteiger partial charge < -0.3 is 10.6 Å². The molecule has 1 amide bonds. The SMILES string of the molecule is CCC(C)c1ccc(NC(=O)C2CNC2)cc1. The van der Waals surface area contributed by atoms with Gasteiger partial charge in [-0.3, -0.25) is 4.79 Å². The lowest BCUT2D eigenvalue weighted by atomic mass is 9.98. The van der Waals surface area contributed by atoms with Crippen molar-refractivity contribution < 1.29 is 4.79 Å². The molecular formula is C14H20N2O. The van der Waals surface area contributed by atoms with E-state index in [0.717, 1.165) is 25.2 Å². The Morgan fingerprint density at radius 3 is 2.53 bits per heavy atom. The first-order valence-electron chi connectivity index (χ1n) is 6.32. The van der Waals surface area contributed by atoms with E-state index in [1.807, 2.05) is 12.1 Å². The van der Waals surface area contributed by atoms with E-state index >= 15 is 0 Å². The third-order valence-corrected chi connectivity index (χ3v) is 3.51. The minimum absolute atomic E-state index is 0.125. The van der Waals surface area contributed by atoms with Crippen LogP contribution in [-0.2, 0) is 4.79 Å². The Bertz CT molecular complexity index is 382. The zero-order chi connectivity index (χ0) is 12.3. The van der Waals surface area contributed by atoms with Gasteiger partial charge in [-0.05, 0) is 30.0 Å². The number of benzene rings is 1. The molecule has 1 aliphatic heterocycles. The smallest absolute Gasteiger partial charge is 0.230 e. The highest BCUT2D eigenvalue weighted by Crippen LogP contribution is 2.20. The summed E-state index contributed by atoms with van der Waals surface area (Å²) >= 11 is 0. The third-order valence-electron chi connectivity index (χ3n) is 3.51. The maximum absolute atomic E-state index is 11.7. The highest BCUT2D eigenvalue weighted by atomic mass is 16.2. The summed E-state index contributed by atoms with van der Waals surface area (Å²) in [5.41, 5.74) is 2.23. The van der Waals surface area contributed by atoms with E-state index in [4.69, 9.17) is 0 Å². The largest absolute Gasteiger partial charge is 0.326 e. The monoisotopic (exact) mass is 232 g/mol. The Morgan fingerprint density at radius 2 is 2.06 bits per heavy atom. The number of amides is 1. The van der Waals surface area contributed by atoms with Crippen LogP contribution in [0.15, 0.2) is 24.3 Å². The molecule has 0 aromatic heterocycles. The maximum atomic E-state index is 11.7. The maximum Gasteiger partial charge on any atom is 0.230 e. The number of hydrogen-bond acceptors (Lipinski definition) is 2. The van der Waals surface area contributed by atoms with Crippen molar-refractivity contribution >= 4 is 11.6 Å². The van der Waals surface area contributed by atoms with Crippen LogP contribution in [0.2, 0.25) is 0 Å². The summed E-state index contributed by atoms with van der Waals surface area (Å²) in [4.78, 5) is 11.7. The zero-order valence-electron chi connectivity index (χ0n) is 10.5. The van der Waals surface area contributed by atoms with E-state index in [2.05, 4.69) is 36.6 Å². The average Bonchev–Trinajstić information content (AvgIpc) is 2.26. The Hall–Kier alpha value is -1.35. The summed E-state index contributed by atoms with van der Waals surface area (Å²) < 4.78 is 0. The molecule has 3 heteroatoms. The van der Waals surface area contributed by atoms with Crippen LogP contribution in [0.4, 0.5) is 5.69 Å². The molecule has 0 radical (unpaired) electrons. The van der Waals surface area contributed by atoms with Gasteiger partial charge in [0.1, 0.15) is 0 Å². The molecule has 1 unspecified atom stereocenters. The van der Waals surface area contributed by atoms with Crippen molar-refractivity contribution in [3.63, 3.8) is 0 Å². The van der Waals surface area contributed by atoms with Gasteiger partial charge in [0.05, 0.1) is 5.92 Å². The van der Waals surface area contributed by atoms with E-state index < -0.39 is 0 Å². The van der Waals surface area contributed by atoms with Crippen LogP contribution in [0.1, 0.15) is 31.7 Å². The Kier molecular flexibility index (Phi) is 3.79. The first-order chi connectivity index (χ1) is 8.20. The standard InChI is InChI=1S/C14H20N2O/c1-3-10(2)11-4-6-13(7-5-11)16-14(17)12-8-15-9-12/h4-7,10,12,15H,3,8-9H2,1-2H3,(H,16,17). The summed E-state index contributed by atoms with van der Waals surface area (Å²) in [5, 5.41) is 6.05. The van der Waals surface area contributed by atoms with Gasteiger partial charge in [-0.2, -0.15) is 0 Å². The van der Waals surface area contributed by atoms with Crippen LogP contribution >= 0.6 is 0 Å². The Morgan fingerprint density at radius 1 is 1.41 bits per heavy atom. The normalized spacial score (nSPS) is 17.3. The molecule has 0 bridgehead atoms. The van der Waals surface area contributed by atoms with Gasteiger partial charge in [-0.15, -0.1) is 0 Å². The summed E-state index contributed by atoms with van der Waals surface area (Å²) in [5.74, 6) is 0.847. The number of anilines is 1. The Balaban J connectivity index is 1.95. The molecule has 0 spiro atoms. The summed E-state index contributed by atoms with van der Waals surface area (Å²) in [6.45, 7) is 6.01. The molecular weight excluding hydrogens is 212 g/mol. The van der Waals surface area contributed by atoms with Crippen molar-refractivity contribution in [1.82, 2.24) is 5.32 Å². The first kappa shape index (κ1) is 12.1. The quantitative estimate of drug-likeness (QED) is 0.836. The lowest BCUT2D eigenvalue weighted by Crippen LogP contribution is -2.48. The number of hydrogen-bond donors (Lipinski definition) is 2. The molecule has 1 saturated heterocycles. The van der Waals surface area contributed by atoms with Crippen LogP contribution in [0.3, 0.4) is 0 Å². The molecule has 1 aromatic rings. The average molecular weight is 232 g/mol. The molecule has 92 valence electrons. The molecule has 1 fully saturated rings. The molecule has 1 aromatic carbocycles. The predicted molar refractivity (Wildman–Crippen MR) is 70.1 cm³/mol. The van der Waals surface area contributed by atoms with Crippen LogP contribution < -0.4 is 10.6 Å². The van der Waals surface area contributed by atoms with E-state index in [9.17, 15) is 4.79 Å². The molecule has 0 saturated carbocycles. The zero-order valence-corrected chi connectivity index (χ0v) is 10.5. The van der Waals surface area contributed by atoms with Gasteiger partial charge in [0.2, 0.25) is 5.91 Å². The molecule has 1 atom stereocenters. The molecule has 3 nitrogen and oxygen atoms in total. The van der Waals surface area contributed by atoms with Gasteiger partial charge in [-0.25, -0.2) is 0 Å². The molecule has 17 heavy (non-hydrogen) atoms. The van der Waals surface area contributed by atoms with E-state index in [0.29, 0.717) is 5.92 Å². The van der Waals surface area contributed by atoms with Crippen molar-refractivity contribution in [1.29, 1.82) is 0 Å². The molecule has 2 N–H and O–H groups in total. The van der Waals surface area contributed by atoms with Gasteiger partial charge >= 0.3 is 0 Å². The van der Waals surface area contributed by atoms with Crippen molar-refractivity contribution in [2.45, 2.75) is 26.2 Å². The fraction of sp³-hybridized carbons (Fsp3) is 0.500. The summed E-state index contributed by atoms with van der Waals surface area (Å²) in [7, 11) is 0. The second-order valence-electron chi connectivity index (χ2n) is 4.78. The Labute approximate surface area is 103 Å².